The molecule has 0 saturated carbocycles. The van der Waals surface area contributed by atoms with Crippen molar-refractivity contribution in [2.45, 2.75) is 44.2 Å². The van der Waals surface area contributed by atoms with E-state index >= 15 is 0 Å². The average molecular weight is 671 g/mol. The van der Waals surface area contributed by atoms with E-state index in [0.29, 0.717) is 18.5 Å². The maximum Gasteiger partial charge on any atom is 0.264 e. The van der Waals surface area contributed by atoms with Gasteiger partial charge in [-0.2, -0.15) is 0 Å². The Morgan fingerprint density at radius 2 is 1.49 bits per heavy atom. The van der Waals surface area contributed by atoms with Gasteiger partial charge in [0.1, 0.15) is 18.4 Å². The number of hydrogen-bond acceptors (Lipinski definition) is 4. The third-order valence-electron chi connectivity index (χ3n) is 7.21. The Balaban J connectivity index is 1.82. The highest BCUT2D eigenvalue weighted by molar-refractivity contribution is 7.92. The van der Waals surface area contributed by atoms with Crippen molar-refractivity contribution >= 4 is 50.7 Å². The summed E-state index contributed by atoms with van der Waals surface area (Å²) < 4.78 is 42.9. The number of nitrogens with one attached hydrogen (secondary N) is 1. The van der Waals surface area contributed by atoms with Crippen LogP contribution in [0.1, 0.15) is 30.0 Å². The molecule has 7 nitrogen and oxygen atoms in total. The normalized spacial score (nSPS) is 11.9. The smallest absolute Gasteiger partial charge is 0.264 e. The molecule has 4 aromatic carbocycles. The number of sulfonamides is 1. The SMILES string of the molecule is CCCNC(=O)[C@@H](Cc1ccccc1)N(Cc1c(Cl)cccc1Cl)C(=O)CN(c1ccc(F)cc1)S(=O)(=O)c1ccc(C)cc1. The largest absolute Gasteiger partial charge is 0.354 e. The predicted molar refractivity (Wildman–Crippen MR) is 176 cm³/mol. The zero-order chi connectivity index (χ0) is 32.6. The second kappa shape index (κ2) is 15.4. The van der Waals surface area contributed by atoms with Crippen LogP contribution in [-0.4, -0.2) is 44.3 Å². The quantitative estimate of drug-likeness (QED) is 0.170. The second-order valence-corrected chi connectivity index (χ2v) is 13.2. The van der Waals surface area contributed by atoms with E-state index in [2.05, 4.69) is 5.32 Å². The number of aryl methyl sites for hydroxylation is 1. The summed E-state index contributed by atoms with van der Waals surface area (Å²) in [5.74, 6) is -1.66. The molecule has 0 aromatic heterocycles. The number of benzene rings is 4. The zero-order valence-electron chi connectivity index (χ0n) is 24.9. The van der Waals surface area contributed by atoms with E-state index in [1.807, 2.05) is 44.2 Å². The molecule has 0 unspecified atom stereocenters. The lowest BCUT2D eigenvalue weighted by Crippen LogP contribution is -2.53. The van der Waals surface area contributed by atoms with Crippen LogP contribution < -0.4 is 9.62 Å². The van der Waals surface area contributed by atoms with Crippen LogP contribution in [0, 0.1) is 12.7 Å². The number of amides is 2. The van der Waals surface area contributed by atoms with Gasteiger partial charge in [0.25, 0.3) is 10.0 Å². The average Bonchev–Trinajstić information content (AvgIpc) is 3.02. The van der Waals surface area contributed by atoms with Crippen molar-refractivity contribution < 1.29 is 22.4 Å². The Bertz CT molecular complexity index is 1700. The van der Waals surface area contributed by atoms with Crippen molar-refractivity contribution in [2.75, 3.05) is 17.4 Å². The minimum atomic E-state index is -4.31. The lowest BCUT2D eigenvalue weighted by Gasteiger charge is -2.34. The lowest BCUT2D eigenvalue weighted by atomic mass is 10.0. The fraction of sp³-hybridized carbons (Fsp3) is 0.235. The maximum absolute atomic E-state index is 14.4. The number of carbonyl (C=O) groups is 2. The van der Waals surface area contributed by atoms with E-state index in [0.717, 1.165) is 27.6 Å². The van der Waals surface area contributed by atoms with E-state index in [9.17, 15) is 22.4 Å². The summed E-state index contributed by atoms with van der Waals surface area (Å²) in [6.07, 6.45) is 0.812. The van der Waals surface area contributed by atoms with Gasteiger partial charge in [-0.15, -0.1) is 0 Å². The fourth-order valence-electron chi connectivity index (χ4n) is 4.75. The Kier molecular flexibility index (Phi) is 11.6. The number of carbonyl (C=O) groups excluding carboxylic acids is 2. The highest BCUT2D eigenvalue weighted by Gasteiger charge is 2.35. The first-order valence-electron chi connectivity index (χ1n) is 14.4. The minimum Gasteiger partial charge on any atom is -0.354 e. The van der Waals surface area contributed by atoms with Crippen LogP contribution in [0.15, 0.2) is 102 Å². The second-order valence-electron chi connectivity index (χ2n) is 10.5. The topological polar surface area (TPSA) is 86.8 Å². The van der Waals surface area contributed by atoms with Crippen LogP contribution in [0.25, 0.3) is 0 Å². The first-order valence-corrected chi connectivity index (χ1v) is 16.6. The van der Waals surface area contributed by atoms with Gasteiger partial charge in [0, 0.05) is 35.1 Å². The summed E-state index contributed by atoms with van der Waals surface area (Å²) in [4.78, 5) is 29.4. The Morgan fingerprint density at radius 3 is 2.09 bits per heavy atom. The lowest BCUT2D eigenvalue weighted by molar-refractivity contribution is -0.140. The number of anilines is 1. The molecule has 45 heavy (non-hydrogen) atoms. The molecule has 1 atom stereocenters. The number of hydrogen-bond donors (Lipinski definition) is 1. The monoisotopic (exact) mass is 669 g/mol. The summed E-state index contributed by atoms with van der Waals surface area (Å²) in [6.45, 7) is 3.26. The summed E-state index contributed by atoms with van der Waals surface area (Å²) in [7, 11) is -4.31. The number of rotatable bonds is 13. The molecule has 0 bridgehead atoms. The molecule has 1 N–H and O–H groups in total. The molecule has 0 radical (unpaired) electrons. The van der Waals surface area contributed by atoms with Crippen LogP contribution >= 0.6 is 23.2 Å². The van der Waals surface area contributed by atoms with Crippen LogP contribution in [0.3, 0.4) is 0 Å². The molecular weight excluding hydrogens is 636 g/mol. The molecule has 0 aliphatic carbocycles. The van der Waals surface area contributed by atoms with Gasteiger partial charge in [-0.25, -0.2) is 12.8 Å². The van der Waals surface area contributed by atoms with E-state index in [-0.39, 0.29) is 33.6 Å². The molecule has 2 amide bonds. The maximum atomic E-state index is 14.4. The standard InChI is InChI=1S/C34H34Cl2FN3O4S/c1-3-20-38-34(42)32(21-25-8-5-4-6-9-25)39(22-29-30(35)10-7-11-31(29)36)33(41)23-40(27-16-14-26(37)15-17-27)45(43,44)28-18-12-24(2)13-19-28/h4-19,32H,3,20-23H2,1-2H3,(H,38,42)/t32-/m1/s1. The summed E-state index contributed by atoms with van der Waals surface area (Å²) in [6, 6.07) is 24.1. The van der Waals surface area contributed by atoms with Crippen LogP contribution in [-0.2, 0) is 32.6 Å². The van der Waals surface area contributed by atoms with E-state index < -0.39 is 40.2 Å². The fourth-order valence-corrected chi connectivity index (χ4v) is 6.68. The van der Waals surface area contributed by atoms with Crippen molar-refractivity contribution in [3.05, 3.63) is 130 Å². The number of halogens is 3. The third kappa shape index (κ3) is 8.63. The first kappa shape index (κ1) is 34.0. The summed E-state index contributed by atoms with van der Waals surface area (Å²) in [5, 5.41) is 3.46. The highest BCUT2D eigenvalue weighted by Crippen LogP contribution is 2.29. The molecule has 0 heterocycles. The van der Waals surface area contributed by atoms with Crippen molar-refractivity contribution in [1.82, 2.24) is 10.2 Å². The van der Waals surface area contributed by atoms with Gasteiger partial charge in [0.15, 0.2) is 0 Å². The van der Waals surface area contributed by atoms with Gasteiger partial charge in [-0.3, -0.25) is 13.9 Å². The molecule has 4 aromatic rings. The van der Waals surface area contributed by atoms with Gasteiger partial charge < -0.3 is 10.2 Å². The highest BCUT2D eigenvalue weighted by atomic mass is 35.5. The van der Waals surface area contributed by atoms with Gasteiger partial charge in [-0.1, -0.05) is 84.2 Å². The van der Waals surface area contributed by atoms with Gasteiger partial charge in [-0.05, 0) is 67.4 Å². The Labute approximate surface area is 273 Å². The van der Waals surface area contributed by atoms with Crippen molar-refractivity contribution in [3.63, 3.8) is 0 Å². The molecule has 0 saturated heterocycles. The van der Waals surface area contributed by atoms with Crippen molar-refractivity contribution in [2.24, 2.45) is 0 Å². The zero-order valence-corrected chi connectivity index (χ0v) is 27.2. The van der Waals surface area contributed by atoms with E-state index in [1.54, 1.807) is 30.3 Å². The summed E-state index contributed by atoms with van der Waals surface area (Å²) in [5.41, 5.74) is 2.13. The first-order chi connectivity index (χ1) is 21.5. The predicted octanol–water partition coefficient (Wildman–Crippen LogP) is 6.80. The molecular formula is C34H34Cl2FN3O4S. The molecule has 4 rings (SSSR count). The summed E-state index contributed by atoms with van der Waals surface area (Å²) >= 11 is 13.0. The molecule has 236 valence electrons. The molecule has 11 heteroatoms. The van der Waals surface area contributed by atoms with E-state index in [1.165, 1.54) is 29.2 Å². The Morgan fingerprint density at radius 1 is 0.867 bits per heavy atom. The molecule has 0 aliphatic rings. The van der Waals surface area contributed by atoms with Crippen LogP contribution in [0.2, 0.25) is 10.0 Å². The molecule has 0 fully saturated rings. The van der Waals surface area contributed by atoms with Crippen molar-refractivity contribution in [3.8, 4) is 0 Å². The number of nitrogens with zero attached hydrogens (tertiary/aromatic N) is 2. The molecule has 0 aliphatic heterocycles. The van der Waals surface area contributed by atoms with Gasteiger partial charge in [0.2, 0.25) is 11.8 Å². The van der Waals surface area contributed by atoms with Crippen molar-refractivity contribution in [1.29, 1.82) is 0 Å². The van der Waals surface area contributed by atoms with Crippen LogP contribution in [0.4, 0.5) is 10.1 Å². The minimum absolute atomic E-state index is 0.0487. The van der Waals surface area contributed by atoms with Gasteiger partial charge >= 0.3 is 0 Å². The van der Waals surface area contributed by atoms with Gasteiger partial charge in [0.05, 0.1) is 10.6 Å². The van der Waals surface area contributed by atoms with Crippen LogP contribution in [0.5, 0.6) is 0 Å². The third-order valence-corrected chi connectivity index (χ3v) is 9.71. The van der Waals surface area contributed by atoms with E-state index in [4.69, 9.17) is 23.2 Å². The molecule has 0 spiro atoms. The Hall–Kier alpha value is -3.92.